The molecule has 1 amide bonds. The van der Waals surface area contributed by atoms with Crippen LogP contribution < -0.4 is 0 Å². The number of nitrogens with zero attached hydrogens (tertiary/aromatic N) is 6. The van der Waals surface area contributed by atoms with E-state index in [1.54, 1.807) is 18.9 Å². The van der Waals surface area contributed by atoms with Crippen molar-refractivity contribution in [1.29, 1.82) is 0 Å². The van der Waals surface area contributed by atoms with E-state index in [9.17, 15) is 9.59 Å². The highest BCUT2D eigenvalue weighted by molar-refractivity contribution is 5.94. The number of methoxy groups -OCH3 is 1. The number of aromatic nitrogens is 4. The van der Waals surface area contributed by atoms with Crippen LogP contribution in [0.1, 0.15) is 43.4 Å². The van der Waals surface area contributed by atoms with Gasteiger partial charge in [-0.05, 0) is 60.8 Å². The third-order valence-corrected chi connectivity index (χ3v) is 8.03. The minimum absolute atomic E-state index is 0.0522. The molecule has 5 heterocycles. The number of benzene rings is 1. The van der Waals surface area contributed by atoms with Crippen LogP contribution in [0.2, 0.25) is 0 Å². The van der Waals surface area contributed by atoms with Gasteiger partial charge < -0.3 is 19.3 Å². The van der Waals surface area contributed by atoms with Gasteiger partial charge in [0.2, 0.25) is 5.91 Å². The molecule has 0 N–H and O–H groups in total. The number of likely N-dealkylation sites (tertiary alicyclic amines) is 2. The fourth-order valence-corrected chi connectivity index (χ4v) is 5.83. The van der Waals surface area contributed by atoms with E-state index < -0.39 is 0 Å². The number of cyclic esters (lactones) is 1. The average molecular weight is 465 g/mol. The average Bonchev–Trinajstić information content (AvgIpc) is 3.59. The van der Waals surface area contributed by atoms with Crippen LogP contribution >= 0.6 is 0 Å². The molecular formula is C24H28N6O4. The molecule has 1 aromatic carbocycles. The number of tetrazole rings is 1. The van der Waals surface area contributed by atoms with E-state index >= 15 is 0 Å². The quantitative estimate of drug-likeness (QED) is 0.524. The van der Waals surface area contributed by atoms with Crippen molar-refractivity contribution in [2.45, 2.75) is 38.8 Å². The van der Waals surface area contributed by atoms with Gasteiger partial charge in [0.1, 0.15) is 6.61 Å². The second kappa shape index (κ2) is 7.99. The molecule has 2 saturated heterocycles. The molecule has 4 aliphatic rings. The third-order valence-electron chi connectivity index (χ3n) is 8.03. The van der Waals surface area contributed by atoms with Gasteiger partial charge in [0, 0.05) is 25.8 Å². The van der Waals surface area contributed by atoms with Gasteiger partial charge >= 0.3 is 5.97 Å². The van der Waals surface area contributed by atoms with Crippen LogP contribution in [0.15, 0.2) is 29.5 Å². The van der Waals surface area contributed by atoms with Gasteiger partial charge in [-0.2, -0.15) is 0 Å². The number of ether oxygens (including phenoxy) is 2. The van der Waals surface area contributed by atoms with Crippen LogP contribution in [0.25, 0.3) is 11.4 Å². The summed E-state index contributed by atoms with van der Waals surface area (Å²) >= 11 is 0. The van der Waals surface area contributed by atoms with Crippen LogP contribution in [0, 0.1) is 5.41 Å². The van der Waals surface area contributed by atoms with Gasteiger partial charge in [-0.25, -0.2) is 9.48 Å². The lowest BCUT2D eigenvalue weighted by atomic mass is 9.77. The summed E-state index contributed by atoms with van der Waals surface area (Å²) in [5.41, 5.74) is 4.39. The normalized spacial score (nSPS) is 22.5. The second-order valence-corrected chi connectivity index (χ2v) is 9.74. The maximum absolute atomic E-state index is 13.4. The second-order valence-electron chi connectivity index (χ2n) is 9.74. The van der Waals surface area contributed by atoms with Crippen LogP contribution in [0.5, 0.6) is 0 Å². The summed E-state index contributed by atoms with van der Waals surface area (Å²) in [6, 6.07) is 6.36. The van der Waals surface area contributed by atoms with Crippen molar-refractivity contribution >= 4 is 11.9 Å². The highest BCUT2D eigenvalue weighted by Crippen LogP contribution is 2.44. The Labute approximate surface area is 197 Å². The Morgan fingerprint density at radius 1 is 1.18 bits per heavy atom. The lowest BCUT2D eigenvalue weighted by Gasteiger charge is -2.39. The van der Waals surface area contributed by atoms with Gasteiger partial charge in [-0.1, -0.05) is 18.2 Å². The zero-order valence-electron chi connectivity index (χ0n) is 19.5. The van der Waals surface area contributed by atoms with Gasteiger partial charge in [0.05, 0.1) is 29.3 Å². The van der Waals surface area contributed by atoms with E-state index in [0.717, 1.165) is 61.5 Å². The van der Waals surface area contributed by atoms with Gasteiger partial charge in [0.15, 0.2) is 5.82 Å². The Morgan fingerprint density at radius 2 is 1.97 bits per heavy atom. The molecule has 0 aliphatic carbocycles. The zero-order chi connectivity index (χ0) is 23.4. The Kier molecular flexibility index (Phi) is 5.03. The first-order chi connectivity index (χ1) is 16.5. The highest BCUT2D eigenvalue weighted by Gasteiger charge is 2.50. The van der Waals surface area contributed by atoms with E-state index in [4.69, 9.17) is 9.47 Å². The SMILES string of the molecule is CO[C@@H](CN1CCC2(CC1)CCN(C1=C(C)C(=O)OC1)C2=O)c1ccc2c(c1)Cn1nnnc1-2. The van der Waals surface area contributed by atoms with Crippen LogP contribution in [0.3, 0.4) is 0 Å². The minimum Gasteiger partial charge on any atom is -0.456 e. The lowest BCUT2D eigenvalue weighted by Crippen LogP contribution is -2.45. The lowest BCUT2D eigenvalue weighted by molar-refractivity contribution is -0.138. The molecular weight excluding hydrogens is 436 g/mol. The molecule has 34 heavy (non-hydrogen) atoms. The first-order valence-electron chi connectivity index (χ1n) is 11.8. The Morgan fingerprint density at radius 3 is 2.71 bits per heavy atom. The molecule has 0 unspecified atom stereocenters. The number of rotatable bonds is 5. The van der Waals surface area contributed by atoms with Crippen molar-refractivity contribution in [1.82, 2.24) is 30.0 Å². The maximum atomic E-state index is 13.4. The van der Waals surface area contributed by atoms with Crippen molar-refractivity contribution in [2.24, 2.45) is 5.41 Å². The standard InChI is InChI=1S/C24H28N6O4/c1-15-19(14-34-22(15)31)29-10-7-24(23(29)32)5-8-28(9-6-24)13-20(33-2)16-3-4-18-17(11-16)12-30-21(18)25-26-27-30/h3-4,11,20H,5-10,12-14H2,1-2H3/t20-/m0/s1. The van der Waals surface area contributed by atoms with Crippen molar-refractivity contribution in [2.75, 3.05) is 39.9 Å². The number of hydrogen-bond donors (Lipinski definition) is 0. The van der Waals surface area contributed by atoms with E-state index in [1.807, 2.05) is 4.68 Å². The molecule has 10 nitrogen and oxygen atoms in total. The van der Waals surface area contributed by atoms with Crippen molar-refractivity contribution in [3.8, 4) is 11.4 Å². The molecule has 6 rings (SSSR count). The van der Waals surface area contributed by atoms with Gasteiger partial charge in [-0.3, -0.25) is 4.79 Å². The predicted molar refractivity (Wildman–Crippen MR) is 120 cm³/mol. The third kappa shape index (κ3) is 3.27. The molecule has 178 valence electrons. The van der Waals surface area contributed by atoms with Crippen LogP contribution in [-0.2, 0) is 25.6 Å². The Balaban J connectivity index is 1.11. The smallest absolute Gasteiger partial charge is 0.336 e. The fraction of sp³-hybridized carbons (Fsp3) is 0.542. The number of fused-ring (bicyclic) bond motifs is 3. The minimum atomic E-state index is -0.326. The molecule has 1 aromatic heterocycles. The Bertz CT molecular complexity index is 1200. The van der Waals surface area contributed by atoms with E-state index in [0.29, 0.717) is 18.7 Å². The molecule has 0 saturated carbocycles. The topological polar surface area (TPSA) is 103 Å². The predicted octanol–water partition coefficient (Wildman–Crippen LogP) is 1.53. The van der Waals surface area contributed by atoms with E-state index in [1.165, 1.54) is 5.56 Å². The van der Waals surface area contributed by atoms with Crippen molar-refractivity contribution in [3.05, 3.63) is 40.6 Å². The first kappa shape index (κ1) is 21.4. The summed E-state index contributed by atoms with van der Waals surface area (Å²) in [4.78, 5) is 29.3. The summed E-state index contributed by atoms with van der Waals surface area (Å²) in [5, 5.41) is 11.9. The summed E-state index contributed by atoms with van der Waals surface area (Å²) in [5.74, 6) is 0.655. The summed E-state index contributed by atoms with van der Waals surface area (Å²) < 4.78 is 12.8. The molecule has 1 atom stereocenters. The first-order valence-corrected chi connectivity index (χ1v) is 11.8. The summed E-state index contributed by atoms with van der Waals surface area (Å²) in [6.07, 6.45) is 2.43. The largest absolute Gasteiger partial charge is 0.456 e. The number of carbonyl (C=O) groups is 2. The molecule has 1 spiro atoms. The van der Waals surface area contributed by atoms with E-state index in [-0.39, 0.29) is 30.0 Å². The highest BCUT2D eigenvalue weighted by atomic mass is 16.5. The zero-order valence-corrected chi connectivity index (χ0v) is 19.5. The van der Waals surface area contributed by atoms with Crippen LogP contribution in [0.4, 0.5) is 0 Å². The molecule has 0 radical (unpaired) electrons. The van der Waals surface area contributed by atoms with Crippen molar-refractivity contribution < 1.29 is 19.1 Å². The Hall–Kier alpha value is -3.11. The number of hydrogen-bond acceptors (Lipinski definition) is 8. The molecule has 2 fully saturated rings. The number of carbonyl (C=O) groups excluding carboxylic acids is 2. The van der Waals surface area contributed by atoms with E-state index in [2.05, 4.69) is 38.6 Å². The summed E-state index contributed by atoms with van der Waals surface area (Å²) in [6.45, 7) is 5.78. The number of amides is 1. The molecule has 0 bridgehead atoms. The van der Waals surface area contributed by atoms with Gasteiger partial charge in [0.25, 0.3) is 0 Å². The van der Waals surface area contributed by atoms with Crippen molar-refractivity contribution in [3.63, 3.8) is 0 Å². The fourth-order valence-electron chi connectivity index (χ4n) is 5.83. The van der Waals surface area contributed by atoms with Gasteiger partial charge in [-0.15, -0.1) is 5.10 Å². The summed E-state index contributed by atoms with van der Waals surface area (Å²) in [7, 11) is 1.75. The monoisotopic (exact) mass is 464 g/mol. The maximum Gasteiger partial charge on any atom is 0.336 e. The molecule has 4 aliphatic heterocycles. The molecule has 2 aromatic rings. The molecule has 10 heteroatoms. The number of piperidine rings is 1. The number of esters is 1. The van der Waals surface area contributed by atoms with Crippen LogP contribution in [-0.4, -0.2) is 81.8 Å².